The number of carbonyl (C=O) groups excluding carboxylic acids is 1. The molecule has 0 aliphatic heterocycles. The maximum atomic E-state index is 11.5. The molecule has 3 N–H and O–H groups in total. The molecule has 23 heavy (non-hydrogen) atoms. The van der Waals surface area contributed by atoms with Gasteiger partial charge >= 0.3 is 0 Å². The van der Waals surface area contributed by atoms with Gasteiger partial charge in [-0.05, 0) is 54.2 Å². The van der Waals surface area contributed by atoms with Crippen molar-refractivity contribution in [3.8, 4) is 5.75 Å². The highest BCUT2D eigenvalue weighted by atomic mass is 32.1. The third kappa shape index (κ3) is 4.96. The van der Waals surface area contributed by atoms with E-state index in [9.17, 15) is 4.79 Å². The van der Waals surface area contributed by atoms with Gasteiger partial charge in [0.05, 0.1) is 7.11 Å². The summed E-state index contributed by atoms with van der Waals surface area (Å²) in [6.07, 6.45) is 0. The molecule has 0 bridgehead atoms. The normalized spacial score (nSPS) is 9.83. The molecule has 0 fully saturated rings. The molecule has 0 atom stereocenters. The van der Waals surface area contributed by atoms with E-state index >= 15 is 0 Å². The number of nitrogens with one attached hydrogen (secondary N) is 3. The Morgan fingerprint density at radius 1 is 1.09 bits per heavy atom. The van der Waals surface area contributed by atoms with E-state index in [1.54, 1.807) is 26.3 Å². The zero-order valence-corrected chi connectivity index (χ0v) is 13.9. The quantitative estimate of drug-likeness (QED) is 0.736. The van der Waals surface area contributed by atoms with Crippen molar-refractivity contribution >= 4 is 28.9 Å². The summed E-state index contributed by atoms with van der Waals surface area (Å²) in [5, 5.41) is 9.32. The van der Waals surface area contributed by atoms with Crippen LogP contribution in [0.2, 0.25) is 0 Å². The number of hydrogen-bond donors (Lipinski definition) is 3. The van der Waals surface area contributed by atoms with Crippen molar-refractivity contribution in [2.75, 3.05) is 19.5 Å². The van der Waals surface area contributed by atoms with E-state index in [0.717, 1.165) is 17.0 Å². The highest BCUT2D eigenvalue weighted by Crippen LogP contribution is 2.12. The first kappa shape index (κ1) is 16.8. The van der Waals surface area contributed by atoms with Gasteiger partial charge in [0.2, 0.25) is 0 Å². The summed E-state index contributed by atoms with van der Waals surface area (Å²) in [6, 6.07) is 14.9. The van der Waals surface area contributed by atoms with Gasteiger partial charge in [0.25, 0.3) is 5.91 Å². The van der Waals surface area contributed by atoms with E-state index in [-0.39, 0.29) is 5.91 Å². The molecule has 2 rings (SSSR count). The van der Waals surface area contributed by atoms with Crippen LogP contribution >= 0.6 is 12.2 Å². The molecule has 5 nitrogen and oxygen atoms in total. The summed E-state index contributed by atoms with van der Waals surface area (Å²) >= 11 is 5.26. The van der Waals surface area contributed by atoms with E-state index in [0.29, 0.717) is 17.2 Å². The topological polar surface area (TPSA) is 62.4 Å². The number of anilines is 1. The lowest BCUT2D eigenvalue weighted by molar-refractivity contribution is 0.0963. The fourth-order valence-corrected chi connectivity index (χ4v) is 2.14. The Morgan fingerprint density at radius 3 is 2.30 bits per heavy atom. The molecule has 6 heteroatoms. The highest BCUT2D eigenvalue weighted by Gasteiger charge is 2.03. The fraction of sp³-hybridized carbons (Fsp3) is 0.176. The second-order valence-electron chi connectivity index (χ2n) is 4.81. The summed E-state index contributed by atoms with van der Waals surface area (Å²) in [5.74, 6) is 0.711. The van der Waals surface area contributed by atoms with Crippen molar-refractivity contribution in [3.05, 3.63) is 59.7 Å². The maximum Gasteiger partial charge on any atom is 0.251 e. The molecule has 0 saturated carbocycles. The van der Waals surface area contributed by atoms with Crippen LogP contribution in [0.15, 0.2) is 48.5 Å². The van der Waals surface area contributed by atoms with Gasteiger partial charge in [0, 0.05) is 24.8 Å². The minimum atomic E-state index is -0.114. The predicted octanol–water partition coefficient (Wildman–Crippen LogP) is 2.54. The average Bonchev–Trinajstić information content (AvgIpc) is 2.60. The average molecular weight is 329 g/mol. The Bertz CT molecular complexity index is 669. The molecule has 120 valence electrons. The minimum Gasteiger partial charge on any atom is -0.497 e. The Hall–Kier alpha value is -2.60. The molecule has 0 saturated heterocycles. The minimum absolute atomic E-state index is 0.114. The van der Waals surface area contributed by atoms with Crippen molar-refractivity contribution in [2.45, 2.75) is 6.54 Å². The van der Waals surface area contributed by atoms with Crippen LogP contribution in [0, 0.1) is 0 Å². The number of carbonyl (C=O) groups is 1. The van der Waals surface area contributed by atoms with E-state index in [2.05, 4.69) is 16.0 Å². The summed E-state index contributed by atoms with van der Waals surface area (Å²) < 4.78 is 5.12. The second-order valence-corrected chi connectivity index (χ2v) is 5.22. The van der Waals surface area contributed by atoms with Crippen molar-refractivity contribution in [3.63, 3.8) is 0 Å². The van der Waals surface area contributed by atoms with Crippen LogP contribution in [0.25, 0.3) is 0 Å². The molecule has 0 radical (unpaired) electrons. The molecule has 0 aliphatic carbocycles. The summed E-state index contributed by atoms with van der Waals surface area (Å²) in [5.41, 5.74) is 2.53. The van der Waals surface area contributed by atoms with Gasteiger partial charge in [-0.15, -0.1) is 0 Å². The van der Waals surface area contributed by atoms with Crippen molar-refractivity contribution in [1.29, 1.82) is 0 Å². The van der Waals surface area contributed by atoms with Gasteiger partial charge in [-0.25, -0.2) is 0 Å². The van der Waals surface area contributed by atoms with Crippen molar-refractivity contribution in [2.24, 2.45) is 0 Å². The van der Waals surface area contributed by atoms with E-state index in [1.807, 2.05) is 36.4 Å². The predicted molar refractivity (Wildman–Crippen MR) is 95.9 cm³/mol. The number of amides is 1. The van der Waals surface area contributed by atoms with Gasteiger partial charge in [-0.3, -0.25) is 4.79 Å². The number of hydrogen-bond acceptors (Lipinski definition) is 3. The molecular formula is C17H19N3O2S. The first-order valence-corrected chi connectivity index (χ1v) is 7.53. The zero-order chi connectivity index (χ0) is 16.7. The van der Waals surface area contributed by atoms with Crippen LogP contribution in [-0.4, -0.2) is 25.2 Å². The van der Waals surface area contributed by atoms with Gasteiger partial charge in [0.1, 0.15) is 5.75 Å². The largest absolute Gasteiger partial charge is 0.497 e. The van der Waals surface area contributed by atoms with Crippen molar-refractivity contribution in [1.82, 2.24) is 10.6 Å². The highest BCUT2D eigenvalue weighted by molar-refractivity contribution is 7.80. The van der Waals surface area contributed by atoms with Gasteiger partial charge in [-0.1, -0.05) is 12.1 Å². The Balaban J connectivity index is 1.85. The third-order valence-electron chi connectivity index (χ3n) is 3.24. The van der Waals surface area contributed by atoms with Crippen LogP contribution in [0.1, 0.15) is 15.9 Å². The van der Waals surface area contributed by atoms with Crippen LogP contribution in [0.3, 0.4) is 0 Å². The number of benzene rings is 2. The molecular weight excluding hydrogens is 310 g/mol. The lowest BCUT2D eigenvalue weighted by Crippen LogP contribution is -2.27. The summed E-state index contributed by atoms with van der Waals surface area (Å²) in [4.78, 5) is 11.5. The zero-order valence-electron chi connectivity index (χ0n) is 13.1. The molecule has 0 heterocycles. The van der Waals surface area contributed by atoms with Crippen molar-refractivity contribution < 1.29 is 9.53 Å². The van der Waals surface area contributed by atoms with Crippen LogP contribution in [0.4, 0.5) is 5.69 Å². The first-order valence-electron chi connectivity index (χ1n) is 7.12. The van der Waals surface area contributed by atoms with E-state index in [1.165, 1.54) is 0 Å². The molecule has 2 aromatic rings. The first-order chi connectivity index (χ1) is 11.1. The smallest absolute Gasteiger partial charge is 0.251 e. The molecule has 2 aromatic carbocycles. The van der Waals surface area contributed by atoms with E-state index in [4.69, 9.17) is 17.0 Å². The Morgan fingerprint density at radius 2 is 1.74 bits per heavy atom. The van der Waals surface area contributed by atoms with Gasteiger partial charge in [-0.2, -0.15) is 0 Å². The SMILES string of the molecule is CNC(=O)c1ccc(NC(=S)NCc2ccc(OC)cc2)cc1. The summed E-state index contributed by atoms with van der Waals surface area (Å²) in [6.45, 7) is 0.617. The Kier molecular flexibility index (Phi) is 5.94. The molecule has 0 spiro atoms. The molecule has 0 aliphatic rings. The monoisotopic (exact) mass is 329 g/mol. The third-order valence-corrected chi connectivity index (χ3v) is 3.49. The van der Waals surface area contributed by atoms with Crippen LogP contribution < -0.4 is 20.7 Å². The molecule has 1 amide bonds. The van der Waals surface area contributed by atoms with Gasteiger partial charge < -0.3 is 20.7 Å². The second kappa shape index (κ2) is 8.14. The maximum absolute atomic E-state index is 11.5. The number of methoxy groups -OCH3 is 1. The molecule has 0 unspecified atom stereocenters. The van der Waals surface area contributed by atoms with Crippen LogP contribution in [0.5, 0.6) is 5.75 Å². The Labute approximate surface area is 141 Å². The van der Waals surface area contributed by atoms with Crippen LogP contribution in [-0.2, 0) is 6.54 Å². The standard InChI is InChI=1S/C17H19N3O2S/c1-18-16(21)13-5-7-14(8-6-13)20-17(23)19-11-12-3-9-15(22-2)10-4-12/h3-10H,11H2,1-2H3,(H,18,21)(H2,19,20,23). The summed E-state index contributed by atoms with van der Waals surface area (Å²) in [7, 11) is 3.24. The lowest BCUT2D eigenvalue weighted by atomic mass is 10.2. The van der Waals surface area contributed by atoms with E-state index < -0.39 is 0 Å². The number of rotatable bonds is 5. The number of ether oxygens (including phenoxy) is 1. The van der Waals surface area contributed by atoms with Gasteiger partial charge in [0.15, 0.2) is 5.11 Å². The lowest BCUT2D eigenvalue weighted by Gasteiger charge is -2.11. The number of thiocarbonyl (C=S) groups is 1. The fourth-order valence-electron chi connectivity index (χ4n) is 1.95. The molecule has 0 aromatic heterocycles.